The molecular formula is C14H29N3OS. The van der Waals surface area contributed by atoms with E-state index in [1.807, 2.05) is 14.0 Å². The van der Waals surface area contributed by atoms with Crippen LogP contribution in [0.4, 0.5) is 0 Å². The fraction of sp³-hybridized carbons (Fsp3) is 0.929. The van der Waals surface area contributed by atoms with Gasteiger partial charge in [-0.05, 0) is 45.3 Å². The van der Waals surface area contributed by atoms with Gasteiger partial charge in [0.25, 0.3) is 0 Å². The van der Waals surface area contributed by atoms with Crippen LogP contribution in [0.15, 0.2) is 4.99 Å². The van der Waals surface area contributed by atoms with Crippen LogP contribution < -0.4 is 10.6 Å². The number of nitrogens with zero attached hydrogens (tertiary/aromatic N) is 1. The van der Waals surface area contributed by atoms with E-state index in [0.717, 1.165) is 45.1 Å². The summed E-state index contributed by atoms with van der Waals surface area (Å²) in [4.78, 5) is 4.27. The molecule has 5 heteroatoms. The number of aliphatic imine (C=N–C) groups is 1. The Labute approximate surface area is 122 Å². The van der Waals surface area contributed by atoms with E-state index in [0.29, 0.717) is 4.75 Å². The smallest absolute Gasteiger partial charge is 0.191 e. The van der Waals surface area contributed by atoms with Crippen LogP contribution in [-0.4, -0.2) is 49.8 Å². The van der Waals surface area contributed by atoms with Crippen LogP contribution in [0.25, 0.3) is 0 Å². The number of thioether (sulfide) groups is 1. The first kappa shape index (κ1) is 16.6. The molecule has 0 radical (unpaired) electrons. The van der Waals surface area contributed by atoms with Gasteiger partial charge in [-0.2, -0.15) is 11.8 Å². The third kappa shape index (κ3) is 7.06. The molecule has 19 heavy (non-hydrogen) atoms. The van der Waals surface area contributed by atoms with Crippen molar-refractivity contribution in [1.82, 2.24) is 10.6 Å². The van der Waals surface area contributed by atoms with Gasteiger partial charge >= 0.3 is 0 Å². The lowest BCUT2D eigenvalue weighted by atomic mass is 10.1. The lowest BCUT2D eigenvalue weighted by Gasteiger charge is -2.24. The minimum absolute atomic E-state index is 0.382. The molecule has 112 valence electrons. The molecule has 0 aromatic rings. The molecule has 1 unspecified atom stereocenters. The summed E-state index contributed by atoms with van der Waals surface area (Å²) in [5, 5.41) is 6.80. The van der Waals surface area contributed by atoms with Gasteiger partial charge in [-0.3, -0.25) is 4.99 Å². The topological polar surface area (TPSA) is 45.6 Å². The Balaban J connectivity index is 2.09. The van der Waals surface area contributed by atoms with Crippen LogP contribution >= 0.6 is 11.8 Å². The molecule has 2 N–H and O–H groups in total. The highest BCUT2D eigenvalue weighted by atomic mass is 32.2. The Bertz CT molecular complexity index is 265. The van der Waals surface area contributed by atoms with Gasteiger partial charge in [-0.1, -0.05) is 0 Å². The number of ether oxygens (including phenoxy) is 1. The Hall–Kier alpha value is -0.420. The predicted octanol–water partition coefficient (Wildman–Crippen LogP) is 2.25. The fourth-order valence-corrected chi connectivity index (χ4v) is 3.39. The first-order valence-corrected chi connectivity index (χ1v) is 8.35. The Morgan fingerprint density at radius 1 is 1.37 bits per heavy atom. The van der Waals surface area contributed by atoms with Crippen molar-refractivity contribution >= 4 is 17.7 Å². The molecule has 4 nitrogen and oxygen atoms in total. The summed E-state index contributed by atoms with van der Waals surface area (Å²) in [7, 11) is 1.83. The zero-order valence-electron chi connectivity index (χ0n) is 12.6. The third-order valence-corrected chi connectivity index (χ3v) is 4.90. The van der Waals surface area contributed by atoms with Crippen molar-refractivity contribution in [2.45, 2.75) is 44.3 Å². The minimum atomic E-state index is 0.382. The second-order valence-electron chi connectivity index (χ2n) is 5.16. The largest absolute Gasteiger partial charge is 0.382 e. The van der Waals surface area contributed by atoms with Crippen LogP contribution in [0.5, 0.6) is 0 Å². The van der Waals surface area contributed by atoms with Crippen molar-refractivity contribution in [2.75, 3.05) is 39.1 Å². The van der Waals surface area contributed by atoms with Gasteiger partial charge in [0.15, 0.2) is 5.96 Å². The zero-order chi connectivity index (χ0) is 14.0. The fourth-order valence-electron chi connectivity index (χ4n) is 2.15. The van der Waals surface area contributed by atoms with Crippen molar-refractivity contribution in [3.05, 3.63) is 0 Å². The third-order valence-electron chi connectivity index (χ3n) is 3.37. The summed E-state index contributed by atoms with van der Waals surface area (Å²) < 4.78 is 5.70. The number of rotatable bonds is 8. The molecule has 1 heterocycles. The van der Waals surface area contributed by atoms with Gasteiger partial charge < -0.3 is 15.4 Å². The Kier molecular flexibility index (Phi) is 8.30. The molecule has 1 aliphatic heterocycles. The number of hydrogen-bond donors (Lipinski definition) is 2. The monoisotopic (exact) mass is 287 g/mol. The number of nitrogens with one attached hydrogen (secondary N) is 2. The average Bonchev–Trinajstić information content (AvgIpc) is 2.84. The van der Waals surface area contributed by atoms with Gasteiger partial charge in [0.2, 0.25) is 0 Å². The summed E-state index contributed by atoms with van der Waals surface area (Å²) in [5.74, 6) is 2.21. The summed E-state index contributed by atoms with van der Waals surface area (Å²) in [6.45, 7) is 8.00. The van der Waals surface area contributed by atoms with Crippen LogP contribution in [0.1, 0.15) is 39.5 Å². The molecule has 0 spiro atoms. The van der Waals surface area contributed by atoms with E-state index in [1.165, 1.54) is 18.6 Å². The van der Waals surface area contributed by atoms with Crippen molar-refractivity contribution < 1.29 is 4.74 Å². The Morgan fingerprint density at radius 3 is 2.84 bits per heavy atom. The highest BCUT2D eigenvalue weighted by Gasteiger charge is 2.29. The highest BCUT2D eigenvalue weighted by molar-refractivity contribution is 8.00. The summed E-state index contributed by atoms with van der Waals surface area (Å²) in [6.07, 6.45) is 4.86. The van der Waals surface area contributed by atoms with E-state index in [2.05, 4.69) is 34.3 Å². The number of guanidine groups is 1. The standard InChI is InChI=1S/C14H29N3OS/c1-4-18-10-6-5-9-16-13(15-3)17-12-14(2)8-7-11-19-14/h4-12H2,1-3H3,(H2,15,16,17). The molecule has 0 aliphatic carbocycles. The highest BCUT2D eigenvalue weighted by Crippen LogP contribution is 2.36. The van der Waals surface area contributed by atoms with Gasteiger partial charge in [-0.15, -0.1) is 0 Å². The van der Waals surface area contributed by atoms with E-state index in [9.17, 15) is 0 Å². The van der Waals surface area contributed by atoms with Crippen molar-refractivity contribution in [3.63, 3.8) is 0 Å². The first-order valence-electron chi connectivity index (χ1n) is 7.36. The summed E-state index contributed by atoms with van der Waals surface area (Å²) in [6, 6.07) is 0. The van der Waals surface area contributed by atoms with E-state index in [4.69, 9.17) is 4.74 Å². The Morgan fingerprint density at radius 2 is 2.21 bits per heavy atom. The molecule has 1 saturated heterocycles. The molecule has 1 aliphatic rings. The second kappa shape index (κ2) is 9.48. The van der Waals surface area contributed by atoms with Crippen molar-refractivity contribution in [2.24, 2.45) is 4.99 Å². The molecule has 1 atom stereocenters. The molecule has 1 rings (SSSR count). The molecule has 0 amide bonds. The van der Waals surface area contributed by atoms with E-state index >= 15 is 0 Å². The molecule has 0 aromatic carbocycles. The maximum Gasteiger partial charge on any atom is 0.191 e. The molecule has 0 bridgehead atoms. The quantitative estimate of drug-likeness (QED) is 0.408. The zero-order valence-corrected chi connectivity index (χ0v) is 13.4. The van der Waals surface area contributed by atoms with Crippen molar-refractivity contribution in [1.29, 1.82) is 0 Å². The van der Waals surface area contributed by atoms with Gasteiger partial charge in [0.1, 0.15) is 0 Å². The lowest BCUT2D eigenvalue weighted by Crippen LogP contribution is -2.43. The molecule has 1 fully saturated rings. The normalized spacial score (nSPS) is 23.6. The van der Waals surface area contributed by atoms with Crippen LogP contribution in [0.2, 0.25) is 0 Å². The maximum atomic E-state index is 5.32. The van der Waals surface area contributed by atoms with E-state index in [-0.39, 0.29) is 0 Å². The van der Waals surface area contributed by atoms with Crippen molar-refractivity contribution in [3.8, 4) is 0 Å². The second-order valence-corrected chi connectivity index (χ2v) is 6.84. The molecular weight excluding hydrogens is 258 g/mol. The summed E-state index contributed by atoms with van der Waals surface area (Å²) in [5.41, 5.74) is 0. The number of hydrogen-bond acceptors (Lipinski definition) is 3. The lowest BCUT2D eigenvalue weighted by molar-refractivity contribution is 0.143. The van der Waals surface area contributed by atoms with Gasteiger partial charge in [-0.25, -0.2) is 0 Å². The average molecular weight is 287 g/mol. The summed E-state index contributed by atoms with van der Waals surface area (Å²) >= 11 is 2.07. The van der Waals surface area contributed by atoms with Crippen LogP contribution in [0.3, 0.4) is 0 Å². The van der Waals surface area contributed by atoms with E-state index < -0.39 is 0 Å². The minimum Gasteiger partial charge on any atom is -0.382 e. The van der Waals surface area contributed by atoms with Gasteiger partial charge in [0, 0.05) is 38.1 Å². The van der Waals surface area contributed by atoms with Crippen LogP contribution in [-0.2, 0) is 4.74 Å². The van der Waals surface area contributed by atoms with Crippen LogP contribution in [0, 0.1) is 0 Å². The predicted molar refractivity (Wildman–Crippen MR) is 85.2 cm³/mol. The van der Waals surface area contributed by atoms with Gasteiger partial charge in [0.05, 0.1) is 0 Å². The maximum absolute atomic E-state index is 5.32. The first-order chi connectivity index (χ1) is 9.20. The van der Waals surface area contributed by atoms with E-state index in [1.54, 1.807) is 0 Å². The SMILES string of the molecule is CCOCCCCNC(=NC)NCC1(C)CCCS1. The molecule has 0 aromatic heterocycles. The number of unbranched alkanes of at least 4 members (excludes halogenated alkanes) is 1. The molecule has 0 saturated carbocycles.